The van der Waals surface area contributed by atoms with E-state index in [4.69, 9.17) is 0 Å². The first-order valence-corrected chi connectivity index (χ1v) is 8.30. The molecule has 2 rings (SSSR count). The van der Waals surface area contributed by atoms with Gasteiger partial charge < -0.3 is 10.0 Å². The lowest BCUT2D eigenvalue weighted by atomic mass is 9.82. The zero-order valence-electron chi connectivity index (χ0n) is 14.3. The average Bonchev–Trinajstić information content (AvgIpc) is 2.61. The molecule has 0 amide bonds. The van der Waals surface area contributed by atoms with E-state index < -0.39 is 5.60 Å². The summed E-state index contributed by atoms with van der Waals surface area (Å²) in [5.74, 6) is 0. The third-order valence-corrected chi connectivity index (χ3v) is 4.87. The molecule has 1 heterocycles. The summed E-state index contributed by atoms with van der Waals surface area (Å²) < 4.78 is 0. The normalized spacial score (nSPS) is 25.1. The minimum Gasteiger partial charge on any atom is -0.385 e. The number of hydrogen-bond donors (Lipinski definition) is 1. The molecule has 1 atom stereocenters. The van der Waals surface area contributed by atoms with E-state index in [1.807, 2.05) is 0 Å². The summed E-state index contributed by atoms with van der Waals surface area (Å²) in [6.07, 6.45) is 2.76. The van der Waals surface area contributed by atoms with Crippen molar-refractivity contribution in [2.75, 3.05) is 13.1 Å². The lowest BCUT2D eigenvalue weighted by Gasteiger charge is -2.29. The molecule has 0 bridgehead atoms. The van der Waals surface area contributed by atoms with Crippen molar-refractivity contribution in [2.24, 2.45) is 0 Å². The molecule has 1 fully saturated rings. The van der Waals surface area contributed by atoms with Crippen LogP contribution in [-0.4, -0.2) is 29.1 Å². The average molecular weight is 289 g/mol. The van der Waals surface area contributed by atoms with Crippen molar-refractivity contribution >= 4 is 0 Å². The van der Waals surface area contributed by atoms with Gasteiger partial charge in [-0.25, -0.2) is 0 Å². The van der Waals surface area contributed by atoms with Gasteiger partial charge in [-0.05, 0) is 56.2 Å². The van der Waals surface area contributed by atoms with Gasteiger partial charge in [0.1, 0.15) is 0 Å². The van der Waals surface area contributed by atoms with Crippen LogP contribution in [0.15, 0.2) is 24.3 Å². The van der Waals surface area contributed by atoms with Gasteiger partial charge in [0, 0.05) is 12.6 Å². The third kappa shape index (κ3) is 3.87. The Morgan fingerprint density at radius 3 is 2.19 bits per heavy atom. The smallest absolute Gasteiger partial charge is 0.0909 e. The summed E-state index contributed by atoms with van der Waals surface area (Å²) in [6.45, 7) is 13.2. The molecule has 0 spiro atoms. The molecule has 0 saturated carbocycles. The molecule has 1 unspecified atom stereocenters. The molecule has 118 valence electrons. The fraction of sp³-hybridized carbons (Fsp3) is 0.684. The summed E-state index contributed by atoms with van der Waals surface area (Å²) in [6, 6.07) is 9.18. The molecular weight excluding hydrogens is 258 g/mol. The summed E-state index contributed by atoms with van der Waals surface area (Å²) in [5.41, 5.74) is 1.92. The van der Waals surface area contributed by atoms with E-state index in [1.54, 1.807) is 0 Å². The summed E-state index contributed by atoms with van der Waals surface area (Å²) >= 11 is 0. The maximum absolute atomic E-state index is 11.1. The van der Waals surface area contributed by atoms with Crippen molar-refractivity contribution in [3.8, 4) is 0 Å². The Kier molecular flexibility index (Phi) is 4.79. The zero-order chi connectivity index (χ0) is 15.7. The van der Waals surface area contributed by atoms with Gasteiger partial charge in [-0.3, -0.25) is 0 Å². The Hall–Kier alpha value is -0.860. The highest BCUT2D eigenvalue weighted by molar-refractivity contribution is 5.31. The molecule has 2 nitrogen and oxygen atoms in total. The predicted octanol–water partition coefficient (Wildman–Crippen LogP) is 4.07. The fourth-order valence-corrected chi connectivity index (χ4v) is 3.23. The Labute approximate surface area is 130 Å². The van der Waals surface area contributed by atoms with E-state index in [0.29, 0.717) is 6.04 Å². The first-order chi connectivity index (χ1) is 9.72. The van der Waals surface area contributed by atoms with Crippen LogP contribution in [0.2, 0.25) is 0 Å². The number of nitrogens with zero attached hydrogens (tertiary/aromatic N) is 1. The maximum Gasteiger partial charge on any atom is 0.0909 e. The monoisotopic (exact) mass is 289 g/mol. The van der Waals surface area contributed by atoms with E-state index in [9.17, 15) is 5.11 Å². The van der Waals surface area contributed by atoms with E-state index in [1.165, 1.54) is 5.56 Å². The van der Waals surface area contributed by atoms with Crippen molar-refractivity contribution < 1.29 is 5.11 Å². The van der Waals surface area contributed by atoms with Crippen LogP contribution in [0.1, 0.15) is 65.0 Å². The molecule has 21 heavy (non-hydrogen) atoms. The molecular formula is C19H31NO. The van der Waals surface area contributed by atoms with Gasteiger partial charge >= 0.3 is 0 Å². The standard InChI is InChI=1S/C19H31NO/c1-15(2)20-13-6-11-19(21,12-14-20)17-9-7-16(8-10-17)18(3,4)5/h7-10,15,21H,6,11-14H2,1-5H3. The summed E-state index contributed by atoms with van der Waals surface area (Å²) in [4.78, 5) is 2.47. The Bertz CT molecular complexity index is 457. The number of benzene rings is 1. The number of rotatable bonds is 2. The van der Waals surface area contributed by atoms with E-state index in [2.05, 4.69) is 63.8 Å². The van der Waals surface area contributed by atoms with E-state index in [-0.39, 0.29) is 5.41 Å². The SMILES string of the molecule is CC(C)N1CCCC(O)(c2ccc(C(C)(C)C)cc2)CC1. The first kappa shape index (κ1) is 16.5. The molecule has 0 aromatic heterocycles. The Morgan fingerprint density at radius 1 is 1.05 bits per heavy atom. The summed E-state index contributed by atoms with van der Waals surface area (Å²) in [7, 11) is 0. The maximum atomic E-state index is 11.1. The van der Waals surface area contributed by atoms with Crippen LogP contribution >= 0.6 is 0 Å². The highest BCUT2D eigenvalue weighted by Crippen LogP contribution is 2.34. The minimum absolute atomic E-state index is 0.166. The second-order valence-corrected chi connectivity index (χ2v) is 7.84. The van der Waals surface area contributed by atoms with Gasteiger partial charge in [-0.15, -0.1) is 0 Å². The number of aliphatic hydroxyl groups is 1. The molecule has 0 aliphatic carbocycles. The van der Waals surface area contributed by atoms with Gasteiger partial charge in [0.15, 0.2) is 0 Å². The van der Waals surface area contributed by atoms with Gasteiger partial charge in [0.2, 0.25) is 0 Å². The van der Waals surface area contributed by atoms with Crippen LogP contribution in [-0.2, 0) is 11.0 Å². The van der Waals surface area contributed by atoms with Gasteiger partial charge in [-0.1, -0.05) is 45.0 Å². The van der Waals surface area contributed by atoms with Crippen LogP contribution in [0, 0.1) is 0 Å². The lowest BCUT2D eigenvalue weighted by molar-refractivity contribution is 0.0203. The molecule has 1 N–H and O–H groups in total. The molecule has 1 aromatic rings. The Morgan fingerprint density at radius 2 is 1.67 bits per heavy atom. The lowest BCUT2D eigenvalue weighted by Crippen LogP contribution is -2.33. The van der Waals surface area contributed by atoms with Crippen LogP contribution in [0.25, 0.3) is 0 Å². The van der Waals surface area contributed by atoms with Gasteiger partial charge in [0.05, 0.1) is 5.60 Å². The predicted molar refractivity (Wildman–Crippen MR) is 89.6 cm³/mol. The van der Waals surface area contributed by atoms with Gasteiger partial charge in [0.25, 0.3) is 0 Å². The molecule has 1 aliphatic rings. The molecule has 2 heteroatoms. The van der Waals surface area contributed by atoms with Crippen LogP contribution in [0.5, 0.6) is 0 Å². The van der Waals surface area contributed by atoms with E-state index in [0.717, 1.165) is 37.9 Å². The van der Waals surface area contributed by atoms with Gasteiger partial charge in [-0.2, -0.15) is 0 Å². The first-order valence-electron chi connectivity index (χ1n) is 8.30. The molecule has 1 aliphatic heterocycles. The van der Waals surface area contributed by atoms with Crippen molar-refractivity contribution in [3.63, 3.8) is 0 Å². The molecule has 1 aromatic carbocycles. The fourth-order valence-electron chi connectivity index (χ4n) is 3.23. The quantitative estimate of drug-likeness (QED) is 0.887. The number of hydrogen-bond acceptors (Lipinski definition) is 2. The molecule has 1 saturated heterocycles. The summed E-state index contributed by atoms with van der Waals surface area (Å²) in [5, 5.41) is 11.1. The topological polar surface area (TPSA) is 23.5 Å². The van der Waals surface area contributed by atoms with Crippen LogP contribution < -0.4 is 0 Å². The van der Waals surface area contributed by atoms with Crippen molar-refractivity contribution in [1.82, 2.24) is 4.90 Å². The molecule has 0 radical (unpaired) electrons. The van der Waals surface area contributed by atoms with Crippen LogP contribution in [0.3, 0.4) is 0 Å². The van der Waals surface area contributed by atoms with Crippen molar-refractivity contribution in [3.05, 3.63) is 35.4 Å². The second kappa shape index (κ2) is 6.10. The van der Waals surface area contributed by atoms with Crippen molar-refractivity contribution in [1.29, 1.82) is 0 Å². The third-order valence-electron chi connectivity index (χ3n) is 4.87. The zero-order valence-corrected chi connectivity index (χ0v) is 14.3. The van der Waals surface area contributed by atoms with Crippen LogP contribution in [0.4, 0.5) is 0 Å². The Balaban J connectivity index is 2.16. The number of likely N-dealkylation sites (tertiary alicyclic amines) is 1. The largest absolute Gasteiger partial charge is 0.385 e. The highest BCUT2D eigenvalue weighted by atomic mass is 16.3. The van der Waals surface area contributed by atoms with E-state index >= 15 is 0 Å². The highest BCUT2D eigenvalue weighted by Gasteiger charge is 2.32. The second-order valence-electron chi connectivity index (χ2n) is 7.84. The van der Waals surface area contributed by atoms with Crippen molar-refractivity contribution in [2.45, 2.75) is 70.9 Å². The minimum atomic E-state index is -0.653.